The van der Waals surface area contributed by atoms with Gasteiger partial charge >= 0.3 is 5.69 Å². The Hall–Kier alpha value is -2.71. The van der Waals surface area contributed by atoms with E-state index in [9.17, 15) is 30.2 Å². The Kier molecular flexibility index (Phi) is 4.48. The van der Waals surface area contributed by atoms with Gasteiger partial charge in [0, 0.05) is 11.8 Å². The van der Waals surface area contributed by atoms with Crippen molar-refractivity contribution in [2.24, 2.45) is 0 Å². The highest BCUT2D eigenvalue weighted by molar-refractivity contribution is 6.42. The summed E-state index contributed by atoms with van der Waals surface area (Å²) in [6, 6.07) is 4.69. The number of nitro benzene ring substituents is 1. The molecule has 0 atom stereocenters. The lowest BCUT2D eigenvalue weighted by Gasteiger charge is -2.10. The maximum atomic E-state index is 12.1. The highest BCUT2D eigenvalue weighted by atomic mass is 35.5. The molecule has 0 saturated heterocycles. The second-order valence-corrected chi connectivity index (χ2v) is 5.14. The van der Waals surface area contributed by atoms with Crippen LogP contribution < -0.4 is 5.32 Å². The quantitative estimate of drug-likeness (QED) is 0.491. The fraction of sp³-hybridized carbons (Fsp3) is 0. The van der Waals surface area contributed by atoms with E-state index in [4.69, 9.17) is 23.2 Å². The van der Waals surface area contributed by atoms with Gasteiger partial charge in [-0.05, 0) is 18.2 Å². The van der Waals surface area contributed by atoms with Crippen LogP contribution in [0.25, 0.3) is 0 Å². The van der Waals surface area contributed by atoms with E-state index in [1.54, 1.807) is 0 Å². The number of nitro groups is 1. The minimum atomic E-state index is -1.16. The zero-order valence-corrected chi connectivity index (χ0v) is 12.6. The van der Waals surface area contributed by atoms with Crippen molar-refractivity contribution in [2.45, 2.75) is 0 Å². The average molecular weight is 359 g/mol. The minimum Gasteiger partial charge on any atom is -0.507 e. The number of carbonyl (C=O) groups is 1. The SMILES string of the molecule is O=C(Nc1ccc(Cl)c(Cl)c1)c1c(O)cc(O)c([N+](=O)[O-])c1O. The van der Waals surface area contributed by atoms with Crippen LogP contribution in [0.3, 0.4) is 0 Å². The number of nitrogens with one attached hydrogen (secondary N) is 1. The number of carbonyl (C=O) groups excluding carboxylic acids is 1. The smallest absolute Gasteiger partial charge is 0.353 e. The Morgan fingerprint density at radius 2 is 1.74 bits per heavy atom. The Bertz CT molecular complexity index is 825. The van der Waals surface area contributed by atoms with Crippen LogP contribution >= 0.6 is 23.2 Å². The van der Waals surface area contributed by atoms with Crippen LogP contribution in [0.1, 0.15) is 10.4 Å². The summed E-state index contributed by atoms with van der Waals surface area (Å²) in [6.07, 6.45) is 0. The minimum absolute atomic E-state index is 0.148. The maximum absolute atomic E-state index is 12.1. The van der Waals surface area contributed by atoms with Gasteiger partial charge in [0.2, 0.25) is 11.5 Å². The van der Waals surface area contributed by atoms with Gasteiger partial charge in [-0.1, -0.05) is 23.2 Å². The van der Waals surface area contributed by atoms with Crippen LogP contribution in [0.4, 0.5) is 11.4 Å². The topological polar surface area (TPSA) is 133 Å². The van der Waals surface area contributed by atoms with E-state index in [1.807, 2.05) is 0 Å². The van der Waals surface area contributed by atoms with Crippen molar-refractivity contribution in [3.63, 3.8) is 0 Å². The highest BCUT2D eigenvalue weighted by Crippen LogP contribution is 2.43. The maximum Gasteiger partial charge on any atom is 0.353 e. The van der Waals surface area contributed by atoms with Crippen LogP contribution in [0.5, 0.6) is 17.2 Å². The van der Waals surface area contributed by atoms with Crippen LogP contribution in [-0.4, -0.2) is 26.2 Å². The van der Waals surface area contributed by atoms with Gasteiger partial charge in [-0.2, -0.15) is 0 Å². The Labute approximate surface area is 138 Å². The van der Waals surface area contributed by atoms with Gasteiger partial charge in [0.25, 0.3) is 5.91 Å². The van der Waals surface area contributed by atoms with Crippen LogP contribution in [0.2, 0.25) is 10.0 Å². The van der Waals surface area contributed by atoms with Crippen molar-refractivity contribution < 1.29 is 25.0 Å². The number of phenolic OH excluding ortho intramolecular Hbond substituents is 3. The molecule has 10 heteroatoms. The summed E-state index contributed by atoms with van der Waals surface area (Å²) >= 11 is 11.5. The standard InChI is InChI=1S/C13H8Cl2N2O6/c14-6-2-1-5(3-7(6)15)16-13(21)10-8(18)4-9(19)11(12(10)20)17(22)23/h1-4,18-20H,(H,16,21). The normalized spacial score (nSPS) is 10.3. The zero-order valence-electron chi connectivity index (χ0n) is 11.1. The Balaban J connectivity index is 2.45. The molecule has 0 aliphatic carbocycles. The predicted octanol–water partition coefficient (Wildman–Crippen LogP) is 3.27. The van der Waals surface area contributed by atoms with E-state index in [1.165, 1.54) is 18.2 Å². The number of anilines is 1. The van der Waals surface area contributed by atoms with E-state index in [0.717, 1.165) is 0 Å². The first-order valence-electron chi connectivity index (χ1n) is 5.91. The molecule has 120 valence electrons. The fourth-order valence-corrected chi connectivity index (χ4v) is 2.10. The second-order valence-electron chi connectivity index (χ2n) is 4.33. The van der Waals surface area contributed by atoms with Crippen molar-refractivity contribution in [1.29, 1.82) is 0 Å². The van der Waals surface area contributed by atoms with E-state index in [-0.39, 0.29) is 15.7 Å². The molecular weight excluding hydrogens is 351 g/mol. The third-order valence-corrected chi connectivity index (χ3v) is 3.56. The molecule has 2 aromatic carbocycles. The van der Waals surface area contributed by atoms with Crippen molar-refractivity contribution in [2.75, 3.05) is 5.32 Å². The monoisotopic (exact) mass is 358 g/mol. The van der Waals surface area contributed by atoms with Crippen molar-refractivity contribution in [1.82, 2.24) is 0 Å². The first-order valence-corrected chi connectivity index (χ1v) is 6.66. The van der Waals surface area contributed by atoms with Gasteiger partial charge in [-0.3, -0.25) is 14.9 Å². The number of hydrogen-bond acceptors (Lipinski definition) is 6. The lowest BCUT2D eigenvalue weighted by Crippen LogP contribution is -2.13. The summed E-state index contributed by atoms with van der Waals surface area (Å²) in [5, 5.41) is 42.3. The van der Waals surface area contributed by atoms with Crippen molar-refractivity contribution >= 4 is 40.5 Å². The molecule has 0 aliphatic heterocycles. The Morgan fingerprint density at radius 3 is 2.30 bits per heavy atom. The highest BCUT2D eigenvalue weighted by Gasteiger charge is 2.30. The first kappa shape index (κ1) is 16.7. The van der Waals surface area contributed by atoms with Gasteiger partial charge in [0.15, 0.2) is 0 Å². The fourth-order valence-electron chi connectivity index (χ4n) is 1.80. The number of nitrogens with zero attached hydrogens (tertiary/aromatic N) is 1. The van der Waals surface area contributed by atoms with Gasteiger partial charge in [-0.25, -0.2) is 0 Å². The first-order chi connectivity index (χ1) is 10.7. The van der Waals surface area contributed by atoms with E-state index in [0.29, 0.717) is 6.07 Å². The van der Waals surface area contributed by atoms with Crippen molar-refractivity contribution in [3.8, 4) is 17.2 Å². The zero-order chi connectivity index (χ0) is 17.3. The van der Waals surface area contributed by atoms with E-state index < -0.39 is 39.3 Å². The average Bonchev–Trinajstić information content (AvgIpc) is 2.41. The third-order valence-electron chi connectivity index (χ3n) is 2.82. The summed E-state index contributed by atoms with van der Waals surface area (Å²) in [6.45, 7) is 0. The molecule has 2 rings (SSSR count). The number of benzene rings is 2. The third kappa shape index (κ3) is 3.22. The molecule has 0 spiro atoms. The molecule has 0 fully saturated rings. The number of halogens is 2. The molecule has 4 N–H and O–H groups in total. The number of rotatable bonds is 3. The number of amides is 1. The molecule has 23 heavy (non-hydrogen) atoms. The number of hydrogen-bond donors (Lipinski definition) is 4. The molecule has 0 heterocycles. The van der Waals surface area contributed by atoms with Crippen molar-refractivity contribution in [3.05, 3.63) is 50.0 Å². The Morgan fingerprint density at radius 1 is 1.09 bits per heavy atom. The lowest BCUT2D eigenvalue weighted by molar-refractivity contribution is -0.386. The van der Waals surface area contributed by atoms with E-state index >= 15 is 0 Å². The predicted molar refractivity (Wildman–Crippen MR) is 82.5 cm³/mol. The van der Waals surface area contributed by atoms with Gasteiger partial charge in [-0.15, -0.1) is 0 Å². The summed E-state index contributed by atoms with van der Waals surface area (Å²) in [4.78, 5) is 21.9. The molecule has 0 unspecified atom stereocenters. The number of phenols is 3. The summed E-state index contributed by atoms with van der Waals surface area (Å²) in [5.74, 6) is -4.01. The van der Waals surface area contributed by atoms with Crippen LogP contribution in [-0.2, 0) is 0 Å². The van der Waals surface area contributed by atoms with Crippen LogP contribution in [0.15, 0.2) is 24.3 Å². The molecule has 0 saturated carbocycles. The lowest BCUT2D eigenvalue weighted by atomic mass is 10.1. The van der Waals surface area contributed by atoms with Gasteiger partial charge in [0.05, 0.1) is 15.0 Å². The second kappa shape index (κ2) is 6.19. The molecule has 0 bridgehead atoms. The summed E-state index contributed by atoms with van der Waals surface area (Å²) in [5.41, 5.74) is -1.68. The van der Waals surface area contributed by atoms with Gasteiger partial charge < -0.3 is 20.6 Å². The molecular formula is C13H8Cl2N2O6. The largest absolute Gasteiger partial charge is 0.507 e. The summed E-state index contributed by atoms with van der Waals surface area (Å²) in [7, 11) is 0. The molecule has 0 aromatic heterocycles. The van der Waals surface area contributed by atoms with Crippen LogP contribution in [0, 0.1) is 10.1 Å². The molecule has 0 radical (unpaired) electrons. The summed E-state index contributed by atoms with van der Waals surface area (Å²) < 4.78 is 0. The molecule has 0 aliphatic rings. The number of aromatic hydroxyl groups is 3. The molecule has 8 nitrogen and oxygen atoms in total. The molecule has 1 amide bonds. The van der Waals surface area contributed by atoms with Gasteiger partial charge in [0.1, 0.15) is 11.3 Å². The van der Waals surface area contributed by atoms with E-state index in [2.05, 4.69) is 5.32 Å². The molecule has 2 aromatic rings.